The van der Waals surface area contributed by atoms with Gasteiger partial charge in [-0.25, -0.2) is 4.39 Å². The van der Waals surface area contributed by atoms with Crippen molar-refractivity contribution in [1.82, 2.24) is 4.90 Å². The first kappa shape index (κ1) is 24.0. The molecular weight excluding hydrogens is 473 g/mol. The number of amides is 1. The molecule has 7 nitrogen and oxygen atoms in total. The summed E-state index contributed by atoms with van der Waals surface area (Å²) in [7, 11) is -2.68. The van der Waals surface area contributed by atoms with Gasteiger partial charge < -0.3 is 18.2 Å². The lowest BCUT2D eigenvalue weighted by molar-refractivity contribution is 0.0712. The minimum atomic E-state index is -4.16. The molecule has 1 heterocycles. The molecule has 180 valence electrons. The average molecular weight is 496 g/mol. The van der Waals surface area contributed by atoms with Crippen molar-refractivity contribution in [2.45, 2.75) is 18.0 Å². The van der Waals surface area contributed by atoms with Gasteiger partial charge >= 0.3 is 10.1 Å². The number of halogens is 1. The molecule has 0 saturated heterocycles. The van der Waals surface area contributed by atoms with E-state index in [4.69, 9.17) is 13.3 Å². The molecule has 35 heavy (non-hydrogen) atoms. The predicted octanol–water partition coefficient (Wildman–Crippen LogP) is 5.04. The summed E-state index contributed by atoms with van der Waals surface area (Å²) in [5.74, 6) is -0.196. The number of nitrogens with zero attached hydrogens (tertiary/aromatic N) is 1. The van der Waals surface area contributed by atoms with Crippen LogP contribution in [0.2, 0.25) is 0 Å². The second-order valence-corrected chi connectivity index (χ2v) is 9.09. The molecule has 0 aliphatic heterocycles. The van der Waals surface area contributed by atoms with Gasteiger partial charge in [0.25, 0.3) is 5.91 Å². The van der Waals surface area contributed by atoms with E-state index >= 15 is 0 Å². The second kappa shape index (κ2) is 10.4. The first-order valence-corrected chi connectivity index (χ1v) is 12.0. The molecule has 0 N–H and O–H groups in total. The smallest absolute Gasteiger partial charge is 0.339 e. The molecule has 0 atom stereocenters. The minimum Gasteiger partial charge on any atom is -0.497 e. The van der Waals surface area contributed by atoms with E-state index in [0.717, 1.165) is 0 Å². The van der Waals surface area contributed by atoms with Crippen molar-refractivity contribution in [1.29, 1.82) is 0 Å². The maximum Gasteiger partial charge on any atom is 0.339 e. The largest absolute Gasteiger partial charge is 0.497 e. The third-order valence-corrected chi connectivity index (χ3v) is 6.45. The lowest BCUT2D eigenvalue weighted by Gasteiger charge is -2.23. The molecule has 4 rings (SSSR count). The molecule has 3 aromatic carbocycles. The van der Waals surface area contributed by atoms with Crippen LogP contribution >= 0.6 is 0 Å². The molecule has 9 heteroatoms. The van der Waals surface area contributed by atoms with Gasteiger partial charge in [0.1, 0.15) is 28.0 Å². The summed E-state index contributed by atoms with van der Waals surface area (Å²) in [6.07, 6.45) is 1.47. The zero-order chi connectivity index (χ0) is 24.8. The molecule has 0 radical (unpaired) electrons. The average Bonchev–Trinajstić information content (AvgIpc) is 3.38. The number of methoxy groups -OCH3 is 1. The van der Waals surface area contributed by atoms with Gasteiger partial charge in [-0.15, -0.1) is 0 Å². The van der Waals surface area contributed by atoms with Crippen molar-refractivity contribution in [3.63, 3.8) is 0 Å². The van der Waals surface area contributed by atoms with Gasteiger partial charge in [-0.05, 0) is 54.6 Å². The molecule has 1 aromatic heterocycles. The van der Waals surface area contributed by atoms with Gasteiger partial charge in [0.05, 0.1) is 32.0 Å². The van der Waals surface area contributed by atoms with Crippen LogP contribution in [0.4, 0.5) is 4.39 Å². The summed E-state index contributed by atoms with van der Waals surface area (Å²) in [4.78, 5) is 14.6. The number of para-hydroxylation sites is 1. The normalized spacial score (nSPS) is 11.1. The molecule has 0 fully saturated rings. The van der Waals surface area contributed by atoms with E-state index in [-0.39, 0.29) is 29.3 Å². The highest BCUT2D eigenvalue weighted by molar-refractivity contribution is 7.87. The molecule has 4 aromatic rings. The summed E-state index contributed by atoms with van der Waals surface area (Å²) < 4.78 is 56.0. The standard InChI is InChI=1S/C26H22FNO6S/c1-32-20-12-14-22(15-13-20)35(30,31)34-25-11-5-2-7-19(25)17-28(18-21-8-6-16-33-21)26(29)23-9-3-4-10-24(23)27/h2-16H,17-18H2,1H3. The van der Waals surface area contributed by atoms with E-state index in [1.165, 1.54) is 66.8 Å². The van der Waals surface area contributed by atoms with Crippen molar-refractivity contribution in [2.75, 3.05) is 7.11 Å². The lowest BCUT2D eigenvalue weighted by Crippen LogP contribution is -2.31. The van der Waals surface area contributed by atoms with Crippen molar-refractivity contribution < 1.29 is 30.9 Å². The van der Waals surface area contributed by atoms with Gasteiger partial charge in [0.2, 0.25) is 0 Å². The van der Waals surface area contributed by atoms with E-state index < -0.39 is 21.8 Å². The number of benzene rings is 3. The lowest BCUT2D eigenvalue weighted by atomic mass is 10.1. The first-order valence-electron chi connectivity index (χ1n) is 10.6. The topological polar surface area (TPSA) is 86.1 Å². The van der Waals surface area contributed by atoms with Crippen LogP contribution in [-0.4, -0.2) is 26.3 Å². The fraction of sp³-hybridized carbons (Fsp3) is 0.115. The molecule has 0 spiro atoms. The zero-order valence-electron chi connectivity index (χ0n) is 18.8. The Labute approximate surface area is 202 Å². The van der Waals surface area contributed by atoms with Gasteiger partial charge in [-0.2, -0.15) is 8.42 Å². The van der Waals surface area contributed by atoms with E-state index in [1.807, 2.05) is 0 Å². The van der Waals surface area contributed by atoms with Crippen molar-refractivity contribution in [3.05, 3.63) is 114 Å². The van der Waals surface area contributed by atoms with Gasteiger partial charge in [-0.3, -0.25) is 4.79 Å². The Morgan fingerprint density at radius 2 is 1.63 bits per heavy atom. The third-order valence-electron chi connectivity index (χ3n) is 5.20. The highest BCUT2D eigenvalue weighted by Gasteiger charge is 2.24. The van der Waals surface area contributed by atoms with Crippen molar-refractivity contribution in [2.24, 2.45) is 0 Å². The highest BCUT2D eigenvalue weighted by Crippen LogP contribution is 2.27. The Morgan fingerprint density at radius 3 is 2.31 bits per heavy atom. The Hall–Kier alpha value is -4.11. The number of furan rings is 1. The highest BCUT2D eigenvalue weighted by atomic mass is 32.2. The summed E-state index contributed by atoms with van der Waals surface area (Å²) in [5.41, 5.74) is 0.309. The molecule has 1 amide bonds. The number of carbonyl (C=O) groups is 1. The van der Waals surface area contributed by atoms with E-state index in [9.17, 15) is 17.6 Å². The maximum absolute atomic E-state index is 14.4. The van der Waals surface area contributed by atoms with Gasteiger partial charge in [-0.1, -0.05) is 30.3 Å². The number of carbonyl (C=O) groups excluding carboxylic acids is 1. The number of hydrogen-bond acceptors (Lipinski definition) is 6. The first-order chi connectivity index (χ1) is 16.9. The molecule has 0 aliphatic carbocycles. The van der Waals surface area contributed by atoms with E-state index in [2.05, 4.69) is 0 Å². The van der Waals surface area contributed by atoms with Crippen LogP contribution < -0.4 is 8.92 Å². The predicted molar refractivity (Wildman–Crippen MR) is 126 cm³/mol. The summed E-state index contributed by atoms with van der Waals surface area (Å²) in [6, 6.07) is 21.3. The molecule has 0 aliphatic rings. The van der Waals surface area contributed by atoms with Crippen molar-refractivity contribution >= 4 is 16.0 Å². The van der Waals surface area contributed by atoms with Crippen LogP contribution in [0.15, 0.2) is 101 Å². The molecule has 0 bridgehead atoms. The third kappa shape index (κ3) is 5.70. The van der Waals surface area contributed by atoms with Gasteiger partial charge in [0, 0.05) is 5.56 Å². The van der Waals surface area contributed by atoms with Crippen molar-refractivity contribution in [3.8, 4) is 11.5 Å². The number of ether oxygens (including phenoxy) is 1. The monoisotopic (exact) mass is 495 g/mol. The van der Waals surface area contributed by atoms with Crippen LogP contribution in [0.3, 0.4) is 0 Å². The molecular formula is C26H22FNO6S. The van der Waals surface area contributed by atoms with E-state index in [1.54, 1.807) is 36.4 Å². The minimum absolute atomic E-state index is 0.0414. The summed E-state index contributed by atoms with van der Waals surface area (Å²) in [6.45, 7) is -0.0120. The summed E-state index contributed by atoms with van der Waals surface area (Å²) in [5, 5.41) is 0. The van der Waals surface area contributed by atoms with Gasteiger partial charge in [0.15, 0.2) is 0 Å². The quantitative estimate of drug-likeness (QED) is 0.303. The van der Waals surface area contributed by atoms with Crippen LogP contribution in [0, 0.1) is 5.82 Å². The van der Waals surface area contributed by atoms with Crippen LogP contribution in [0.25, 0.3) is 0 Å². The fourth-order valence-electron chi connectivity index (χ4n) is 3.43. The van der Waals surface area contributed by atoms with Crippen LogP contribution in [-0.2, 0) is 23.2 Å². The molecule has 0 unspecified atom stereocenters. The molecule has 0 saturated carbocycles. The maximum atomic E-state index is 14.4. The van der Waals surface area contributed by atoms with Crippen LogP contribution in [0.5, 0.6) is 11.5 Å². The second-order valence-electron chi connectivity index (χ2n) is 7.54. The zero-order valence-corrected chi connectivity index (χ0v) is 19.6. The Bertz CT molecular complexity index is 1400. The Morgan fingerprint density at radius 1 is 0.914 bits per heavy atom. The summed E-state index contributed by atoms with van der Waals surface area (Å²) >= 11 is 0. The fourth-order valence-corrected chi connectivity index (χ4v) is 4.39. The van der Waals surface area contributed by atoms with E-state index in [0.29, 0.717) is 17.1 Å². The SMILES string of the molecule is COc1ccc(S(=O)(=O)Oc2ccccc2CN(Cc2ccco2)C(=O)c2ccccc2F)cc1. The number of rotatable bonds is 9. The Kier molecular flexibility index (Phi) is 7.17. The number of hydrogen-bond donors (Lipinski definition) is 0. The Balaban J connectivity index is 1.64. The van der Waals surface area contributed by atoms with Crippen LogP contribution in [0.1, 0.15) is 21.7 Å².